The van der Waals surface area contributed by atoms with E-state index < -0.39 is 17.4 Å². The largest absolute Gasteiger partial charge is 0.454 e. The van der Waals surface area contributed by atoms with Gasteiger partial charge in [-0.05, 0) is 37.5 Å². The van der Waals surface area contributed by atoms with Crippen LogP contribution in [0.15, 0.2) is 18.2 Å². The van der Waals surface area contributed by atoms with Crippen molar-refractivity contribution in [3.05, 3.63) is 23.8 Å². The number of hydrogen-bond donors (Lipinski definition) is 3. The minimum absolute atomic E-state index is 0.0603. The fourth-order valence-corrected chi connectivity index (χ4v) is 3.34. The molecule has 3 rings (SSSR count). The van der Waals surface area contributed by atoms with Gasteiger partial charge in [0.15, 0.2) is 11.5 Å². The van der Waals surface area contributed by atoms with Gasteiger partial charge in [-0.3, -0.25) is 9.59 Å². The first-order valence-electron chi connectivity index (χ1n) is 9.17. The third-order valence-corrected chi connectivity index (χ3v) is 4.98. The number of nitrogens with one attached hydrogen (secondary N) is 2. The molecule has 1 heterocycles. The zero-order chi connectivity index (χ0) is 18.6. The first-order chi connectivity index (χ1) is 12.5. The van der Waals surface area contributed by atoms with Crippen LogP contribution in [-0.4, -0.2) is 36.3 Å². The molecule has 2 aliphatic rings. The number of ether oxygens (including phenoxy) is 2. The normalized spacial score (nSPS) is 19.3. The molecule has 0 radical (unpaired) electrons. The second kappa shape index (κ2) is 7.95. The molecule has 0 saturated heterocycles. The molecule has 3 N–H and O–H groups in total. The van der Waals surface area contributed by atoms with E-state index in [4.69, 9.17) is 9.47 Å². The number of fused-ring (bicyclic) bond motifs is 1. The van der Waals surface area contributed by atoms with Gasteiger partial charge in [0.1, 0.15) is 5.60 Å². The molecule has 26 heavy (non-hydrogen) atoms. The number of rotatable bonds is 4. The smallest absolute Gasteiger partial charge is 0.309 e. The highest BCUT2D eigenvalue weighted by Gasteiger charge is 2.28. The molecule has 1 aliphatic heterocycles. The van der Waals surface area contributed by atoms with Crippen LogP contribution in [0.5, 0.6) is 11.5 Å². The Morgan fingerprint density at radius 2 is 1.81 bits per heavy atom. The van der Waals surface area contributed by atoms with Gasteiger partial charge in [-0.2, -0.15) is 0 Å². The Bertz CT molecular complexity index is 666. The molecule has 1 aliphatic carbocycles. The maximum atomic E-state index is 12.1. The predicted molar refractivity (Wildman–Crippen MR) is 94.8 cm³/mol. The van der Waals surface area contributed by atoms with Gasteiger partial charge in [0.25, 0.3) is 0 Å². The Labute approximate surface area is 153 Å². The fourth-order valence-electron chi connectivity index (χ4n) is 3.34. The lowest BCUT2D eigenvalue weighted by atomic mass is 9.95. The summed E-state index contributed by atoms with van der Waals surface area (Å²) in [7, 11) is 0. The van der Waals surface area contributed by atoms with Crippen LogP contribution in [-0.2, 0) is 15.2 Å². The molecule has 142 valence electrons. The molecule has 2 amide bonds. The molecular formula is C19H26N2O5. The Morgan fingerprint density at radius 3 is 2.54 bits per heavy atom. The molecule has 1 fully saturated rings. The lowest BCUT2D eigenvalue weighted by molar-refractivity contribution is -0.140. The summed E-state index contributed by atoms with van der Waals surface area (Å²) in [5.74, 6) is -0.190. The second-order valence-electron chi connectivity index (χ2n) is 7.19. The molecule has 1 aromatic carbocycles. The maximum absolute atomic E-state index is 12.1. The van der Waals surface area contributed by atoms with E-state index in [1.807, 2.05) is 0 Å². The van der Waals surface area contributed by atoms with Crippen molar-refractivity contribution in [2.45, 2.75) is 57.1 Å². The number of carbonyl (C=O) groups is 2. The van der Waals surface area contributed by atoms with Crippen molar-refractivity contribution in [2.24, 2.45) is 0 Å². The van der Waals surface area contributed by atoms with Crippen LogP contribution in [0.25, 0.3) is 0 Å². The van der Waals surface area contributed by atoms with Crippen molar-refractivity contribution in [2.75, 3.05) is 13.3 Å². The summed E-state index contributed by atoms with van der Waals surface area (Å²) < 4.78 is 10.6. The van der Waals surface area contributed by atoms with E-state index in [0.717, 1.165) is 25.7 Å². The third kappa shape index (κ3) is 4.46. The van der Waals surface area contributed by atoms with Gasteiger partial charge in [-0.25, -0.2) is 0 Å². The van der Waals surface area contributed by atoms with Crippen molar-refractivity contribution in [1.82, 2.24) is 10.6 Å². The van der Waals surface area contributed by atoms with Crippen LogP contribution in [0.3, 0.4) is 0 Å². The zero-order valence-electron chi connectivity index (χ0n) is 15.0. The highest BCUT2D eigenvalue weighted by molar-refractivity contribution is 6.35. The van der Waals surface area contributed by atoms with Crippen LogP contribution in [0, 0.1) is 0 Å². The summed E-state index contributed by atoms with van der Waals surface area (Å²) >= 11 is 0. The first kappa shape index (κ1) is 18.5. The summed E-state index contributed by atoms with van der Waals surface area (Å²) in [6.45, 7) is 1.65. The fraction of sp³-hybridized carbons (Fsp3) is 0.579. The van der Waals surface area contributed by atoms with Crippen LogP contribution in [0.1, 0.15) is 51.0 Å². The maximum Gasteiger partial charge on any atom is 0.309 e. The van der Waals surface area contributed by atoms with Crippen LogP contribution < -0.4 is 20.1 Å². The zero-order valence-corrected chi connectivity index (χ0v) is 15.0. The predicted octanol–water partition coefficient (Wildman–Crippen LogP) is 1.58. The van der Waals surface area contributed by atoms with Gasteiger partial charge in [0, 0.05) is 6.04 Å². The van der Waals surface area contributed by atoms with E-state index >= 15 is 0 Å². The van der Waals surface area contributed by atoms with Crippen molar-refractivity contribution in [3.8, 4) is 11.5 Å². The van der Waals surface area contributed by atoms with E-state index in [0.29, 0.717) is 17.1 Å². The van der Waals surface area contributed by atoms with Crippen LogP contribution >= 0.6 is 0 Å². The summed E-state index contributed by atoms with van der Waals surface area (Å²) in [5.41, 5.74) is -0.759. The average molecular weight is 362 g/mol. The highest BCUT2D eigenvalue weighted by atomic mass is 16.7. The first-order valence-corrected chi connectivity index (χ1v) is 9.17. The van der Waals surface area contributed by atoms with Crippen molar-refractivity contribution in [1.29, 1.82) is 0 Å². The Morgan fingerprint density at radius 1 is 1.12 bits per heavy atom. The SMILES string of the molecule is CC(O)(CNC(=O)C(=O)NC1CCCCCC1)c1ccc2c(c1)OCO2. The van der Waals surface area contributed by atoms with Crippen LogP contribution in [0.4, 0.5) is 0 Å². The molecule has 1 aromatic rings. The van der Waals surface area contributed by atoms with E-state index in [1.54, 1.807) is 25.1 Å². The van der Waals surface area contributed by atoms with Gasteiger partial charge in [0.2, 0.25) is 6.79 Å². The van der Waals surface area contributed by atoms with E-state index in [-0.39, 0.29) is 19.4 Å². The standard InChI is InChI=1S/C19H26N2O5/c1-19(24,13-8-9-15-16(10-13)26-12-25-15)11-20-17(22)18(23)21-14-6-4-2-3-5-7-14/h8-10,14,24H,2-7,11-12H2,1H3,(H,20,22)(H,21,23). The number of carbonyl (C=O) groups excluding carboxylic acids is 2. The van der Waals surface area contributed by atoms with E-state index in [9.17, 15) is 14.7 Å². The van der Waals surface area contributed by atoms with Crippen molar-refractivity contribution >= 4 is 11.8 Å². The molecule has 1 atom stereocenters. The lowest BCUT2D eigenvalue weighted by Crippen LogP contribution is -2.47. The number of amides is 2. The number of benzene rings is 1. The molecule has 7 nitrogen and oxygen atoms in total. The third-order valence-electron chi connectivity index (χ3n) is 4.98. The summed E-state index contributed by atoms with van der Waals surface area (Å²) in [6.07, 6.45) is 6.33. The van der Waals surface area contributed by atoms with Gasteiger partial charge in [-0.1, -0.05) is 31.7 Å². The lowest BCUT2D eigenvalue weighted by Gasteiger charge is -2.24. The second-order valence-corrected chi connectivity index (χ2v) is 7.19. The van der Waals surface area contributed by atoms with Crippen molar-refractivity contribution < 1.29 is 24.2 Å². The molecule has 7 heteroatoms. The quantitative estimate of drug-likeness (QED) is 0.558. The van der Waals surface area contributed by atoms with Gasteiger partial charge >= 0.3 is 11.8 Å². The molecular weight excluding hydrogens is 336 g/mol. The van der Waals surface area contributed by atoms with Crippen molar-refractivity contribution in [3.63, 3.8) is 0 Å². The average Bonchev–Trinajstić information content (AvgIpc) is 2.95. The van der Waals surface area contributed by atoms with Gasteiger partial charge in [0.05, 0.1) is 6.54 Å². The molecule has 0 spiro atoms. The number of aliphatic hydroxyl groups is 1. The minimum Gasteiger partial charge on any atom is -0.454 e. The Kier molecular flexibility index (Phi) is 5.66. The molecule has 1 unspecified atom stereocenters. The van der Waals surface area contributed by atoms with Gasteiger partial charge in [-0.15, -0.1) is 0 Å². The van der Waals surface area contributed by atoms with E-state index in [2.05, 4.69) is 10.6 Å². The number of hydrogen-bond acceptors (Lipinski definition) is 5. The molecule has 1 saturated carbocycles. The summed E-state index contributed by atoms with van der Waals surface area (Å²) in [6, 6.07) is 5.17. The topological polar surface area (TPSA) is 96.9 Å². The Hall–Kier alpha value is -2.28. The Balaban J connectivity index is 1.53. The molecule has 0 bridgehead atoms. The molecule has 0 aromatic heterocycles. The minimum atomic E-state index is -1.33. The summed E-state index contributed by atoms with van der Waals surface area (Å²) in [4.78, 5) is 24.2. The van der Waals surface area contributed by atoms with E-state index in [1.165, 1.54) is 12.8 Å². The van der Waals surface area contributed by atoms with Crippen LogP contribution in [0.2, 0.25) is 0 Å². The van der Waals surface area contributed by atoms with Gasteiger partial charge < -0.3 is 25.2 Å². The summed E-state index contributed by atoms with van der Waals surface area (Å²) in [5, 5.41) is 16.0. The highest BCUT2D eigenvalue weighted by Crippen LogP contribution is 2.35. The monoisotopic (exact) mass is 362 g/mol.